The highest BCUT2D eigenvalue weighted by Gasteiger charge is 2.41. The molecule has 160 valence electrons. The second kappa shape index (κ2) is 9.70. The Hall–Kier alpha value is -1.95. The molecule has 0 spiro atoms. The zero-order valence-electron chi connectivity index (χ0n) is 16.6. The van der Waals surface area contributed by atoms with Crippen LogP contribution in [0.5, 0.6) is 11.5 Å². The van der Waals surface area contributed by atoms with E-state index in [1.807, 2.05) is 45.0 Å². The molecule has 0 heterocycles. The molecular formula is C22H25ClF4O2. The lowest BCUT2D eigenvalue weighted by Crippen LogP contribution is -2.33. The second-order valence-electron chi connectivity index (χ2n) is 7.59. The van der Waals surface area contributed by atoms with Crippen LogP contribution in [-0.4, -0.2) is 31.4 Å². The molecule has 2 aromatic carbocycles. The number of hydrogen-bond donors (Lipinski definition) is 0. The van der Waals surface area contributed by atoms with Crippen molar-refractivity contribution in [2.45, 2.75) is 38.5 Å². The molecular weight excluding hydrogens is 408 g/mol. The number of ether oxygens (including phenoxy) is 2. The van der Waals surface area contributed by atoms with E-state index in [-0.39, 0.29) is 17.1 Å². The SMILES string of the molecule is CC(CCl)COc1ccc(C(C)(C)c2ccc(OCC(F)(F)C(F)F)cc2)cc1. The minimum Gasteiger partial charge on any atom is -0.493 e. The molecule has 0 fully saturated rings. The molecule has 1 unspecified atom stereocenters. The van der Waals surface area contributed by atoms with Gasteiger partial charge in [-0.2, -0.15) is 8.78 Å². The Morgan fingerprint density at radius 2 is 1.31 bits per heavy atom. The van der Waals surface area contributed by atoms with Gasteiger partial charge in [-0.15, -0.1) is 11.6 Å². The largest absolute Gasteiger partial charge is 0.493 e. The van der Waals surface area contributed by atoms with Crippen molar-refractivity contribution in [2.24, 2.45) is 5.92 Å². The van der Waals surface area contributed by atoms with Gasteiger partial charge >= 0.3 is 12.3 Å². The van der Waals surface area contributed by atoms with Crippen molar-refractivity contribution < 1.29 is 27.0 Å². The van der Waals surface area contributed by atoms with E-state index in [0.29, 0.717) is 12.5 Å². The van der Waals surface area contributed by atoms with Crippen LogP contribution in [0.25, 0.3) is 0 Å². The predicted molar refractivity (Wildman–Crippen MR) is 107 cm³/mol. The molecule has 0 bridgehead atoms. The lowest BCUT2D eigenvalue weighted by molar-refractivity contribution is -0.148. The van der Waals surface area contributed by atoms with Gasteiger partial charge in [-0.05, 0) is 35.4 Å². The van der Waals surface area contributed by atoms with Crippen LogP contribution in [-0.2, 0) is 5.41 Å². The Labute approximate surface area is 173 Å². The first-order valence-corrected chi connectivity index (χ1v) is 9.78. The summed E-state index contributed by atoms with van der Waals surface area (Å²) in [4.78, 5) is 0. The summed E-state index contributed by atoms with van der Waals surface area (Å²) in [6.45, 7) is 5.24. The zero-order valence-corrected chi connectivity index (χ0v) is 17.4. The first kappa shape index (κ1) is 23.3. The van der Waals surface area contributed by atoms with Crippen LogP contribution >= 0.6 is 11.6 Å². The van der Waals surface area contributed by atoms with Crippen LogP contribution in [0.15, 0.2) is 48.5 Å². The topological polar surface area (TPSA) is 18.5 Å². The van der Waals surface area contributed by atoms with Gasteiger partial charge in [-0.3, -0.25) is 0 Å². The molecule has 1 atom stereocenters. The first-order valence-electron chi connectivity index (χ1n) is 9.25. The van der Waals surface area contributed by atoms with Gasteiger partial charge in [0.1, 0.15) is 11.5 Å². The molecule has 7 heteroatoms. The maximum atomic E-state index is 13.0. The van der Waals surface area contributed by atoms with Gasteiger partial charge in [0.15, 0.2) is 6.61 Å². The summed E-state index contributed by atoms with van der Waals surface area (Å²) in [6.07, 6.45) is -3.76. The number of alkyl halides is 5. The molecule has 0 aliphatic heterocycles. The van der Waals surface area contributed by atoms with Gasteiger partial charge in [0.2, 0.25) is 0 Å². The van der Waals surface area contributed by atoms with Crippen molar-refractivity contribution in [1.82, 2.24) is 0 Å². The summed E-state index contributed by atoms with van der Waals surface area (Å²) in [5, 5.41) is 0. The number of rotatable bonds is 10. The average Bonchev–Trinajstić information content (AvgIpc) is 2.71. The third-order valence-electron chi connectivity index (χ3n) is 4.70. The fraction of sp³-hybridized carbons (Fsp3) is 0.455. The molecule has 0 amide bonds. The lowest BCUT2D eigenvalue weighted by Gasteiger charge is -2.26. The summed E-state index contributed by atoms with van der Waals surface area (Å²) < 4.78 is 60.9. The molecule has 2 nitrogen and oxygen atoms in total. The minimum atomic E-state index is -4.18. The molecule has 29 heavy (non-hydrogen) atoms. The van der Waals surface area contributed by atoms with Gasteiger partial charge in [-0.1, -0.05) is 45.0 Å². The van der Waals surface area contributed by atoms with E-state index in [1.165, 1.54) is 12.1 Å². The van der Waals surface area contributed by atoms with Crippen LogP contribution in [0.1, 0.15) is 31.9 Å². The van der Waals surface area contributed by atoms with Crippen LogP contribution in [0.4, 0.5) is 17.6 Å². The molecule has 0 radical (unpaired) electrons. The van der Waals surface area contributed by atoms with Crippen molar-refractivity contribution in [1.29, 1.82) is 0 Å². The molecule has 0 aliphatic carbocycles. The molecule has 0 aromatic heterocycles. The molecule has 0 N–H and O–H groups in total. The number of halogens is 5. The quantitative estimate of drug-likeness (QED) is 0.313. The Balaban J connectivity index is 2.05. The summed E-state index contributed by atoms with van der Waals surface area (Å²) in [6, 6.07) is 14.2. The highest BCUT2D eigenvalue weighted by Crippen LogP contribution is 2.33. The van der Waals surface area contributed by atoms with E-state index in [4.69, 9.17) is 21.1 Å². The van der Waals surface area contributed by atoms with E-state index in [1.54, 1.807) is 12.1 Å². The fourth-order valence-electron chi connectivity index (χ4n) is 2.63. The fourth-order valence-corrected chi connectivity index (χ4v) is 2.72. The Morgan fingerprint density at radius 1 is 0.862 bits per heavy atom. The van der Waals surface area contributed by atoms with Crippen molar-refractivity contribution in [3.8, 4) is 11.5 Å². The monoisotopic (exact) mass is 432 g/mol. The maximum absolute atomic E-state index is 13.0. The third kappa shape index (κ3) is 6.26. The smallest absolute Gasteiger partial charge is 0.340 e. The summed E-state index contributed by atoms with van der Waals surface area (Å²) in [5.74, 6) is -2.52. The molecule has 2 aromatic rings. The van der Waals surface area contributed by atoms with Gasteiger partial charge in [0.05, 0.1) is 6.61 Å². The van der Waals surface area contributed by atoms with E-state index in [0.717, 1.165) is 16.9 Å². The normalized spacial score (nSPS) is 13.4. The van der Waals surface area contributed by atoms with Gasteiger partial charge in [0.25, 0.3) is 0 Å². The Bertz CT molecular complexity index is 761. The highest BCUT2D eigenvalue weighted by molar-refractivity contribution is 6.18. The molecule has 2 rings (SSSR count). The first-order chi connectivity index (χ1) is 13.6. The van der Waals surface area contributed by atoms with Crippen LogP contribution in [0, 0.1) is 5.92 Å². The summed E-state index contributed by atoms with van der Waals surface area (Å²) in [5.41, 5.74) is 1.59. The molecule has 0 aliphatic rings. The van der Waals surface area contributed by atoms with Crippen molar-refractivity contribution in [3.63, 3.8) is 0 Å². The minimum absolute atomic E-state index is 0.113. The lowest BCUT2D eigenvalue weighted by atomic mass is 9.78. The van der Waals surface area contributed by atoms with Gasteiger partial charge in [0, 0.05) is 17.2 Å². The van der Waals surface area contributed by atoms with E-state index in [2.05, 4.69) is 0 Å². The number of hydrogen-bond acceptors (Lipinski definition) is 2. The van der Waals surface area contributed by atoms with E-state index in [9.17, 15) is 17.6 Å². The van der Waals surface area contributed by atoms with E-state index < -0.39 is 19.0 Å². The second-order valence-corrected chi connectivity index (χ2v) is 7.90. The van der Waals surface area contributed by atoms with Gasteiger partial charge < -0.3 is 9.47 Å². The third-order valence-corrected chi connectivity index (χ3v) is 5.23. The standard InChI is InChI=1S/C22H25ClF4O2/c1-15(12-23)13-28-18-8-4-16(5-9-18)21(2,3)17-6-10-19(11-7-17)29-14-22(26,27)20(24)25/h4-11,15,20H,12-14H2,1-3H3. The van der Waals surface area contributed by atoms with Crippen LogP contribution in [0.2, 0.25) is 0 Å². The van der Waals surface area contributed by atoms with Crippen LogP contribution in [0.3, 0.4) is 0 Å². The van der Waals surface area contributed by atoms with Crippen molar-refractivity contribution in [2.75, 3.05) is 19.1 Å². The predicted octanol–water partition coefficient (Wildman–Crippen LogP) is 6.55. The van der Waals surface area contributed by atoms with E-state index >= 15 is 0 Å². The summed E-state index contributed by atoms with van der Waals surface area (Å²) in [7, 11) is 0. The Kier molecular flexibility index (Phi) is 7.80. The maximum Gasteiger partial charge on any atom is 0.340 e. The average molecular weight is 433 g/mol. The Morgan fingerprint density at radius 3 is 1.72 bits per heavy atom. The van der Waals surface area contributed by atoms with Gasteiger partial charge in [-0.25, -0.2) is 8.78 Å². The molecule has 0 saturated carbocycles. The van der Waals surface area contributed by atoms with Crippen LogP contribution < -0.4 is 9.47 Å². The number of benzene rings is 2. The van der Waals surface area contributed by atoms with Crippen molar-refractivity contribution in [3.05, 3.63) is 59.7 Å². The zero-order chi connectivity index (χ0) is 21.7. The van der Waals surface area contributed by atoms with Crippen molar-refractivity contribution >= 4 is 11.6 Å². The highest BCUT2D eigenvalue weighted by atomic mass is 35.5. The molecule has 0 saturated heterocycles. The summed E-state index contributed by atoms with van der Waals surface area (Å²) >= 11 is 5.78.